The zero-order valence-corrected chi connectivity index (χ0v) is 30.8. The molecule has 4 aliphatic rings. The van der Waals surface area contributed by atoms with Crippen LogP contribution in [0.1, 0.15) is 47.2 Å². The second kappa shape index (κ2) is 11.6. The van der Waals surface area contributed by atoms with Crippen molar-refractivity contribution >= 4 is 27.5 Å². The number of hydrogen-bond acceptors (Lipinski definition) is 1. The van der Waals surface area contributed by atoms with E-state index in [0.717, 1.165) is 0 Å². The molecule has 2 aliphatic carbocycles. The van der Waals surface area contributed by atoms with E-state index in [9.17, 15) is 0 Å². The number of anilines is 1. The number of aromatic nitrogens is 1. The number of piperidine rings is 1. The number of para-hydroxylation sites is 3. The van der Waals surface area contributed by atoms with Crippen LogP contribution in [0.4, 0.5) is 5.69 Å². The molecule has 0 N–H and O–H groups in total. The molecule has 1 aromatic heterocycles. The van der Waals surface area contributed by atoms with E-state index in [4.69, 9.17) is 0 Å². The fourth-order valence-corrected chi connectivity index (χ4v) is 11.2. The average Bonchev–Trinajstić information content (AvgIpc) is 3.74. The van der Waals surface area contributed by atoms with Gasteiger partial charge in [-0.05, 0) is 98.8 Å². The topological polar surface area (TPSA) is 8.17 Å². The largest absolute Gasteiger partial charge is 0.357 e. The van der Waals surface area contributed by atoms with E-state index >= 15 is 0 Å². The monoisotopic (exact) mass is 704 g/mol. The summed E-state index contributed by atoms with van der Waals surface area (Å²) in [5.74, 6) is 1.02. The van der Waals surface area contributed by atoms with Crippen LogP contribution in [-0.2, 0) is 5.41 Å². The van der Waals surface area contributed by atoms with E-state index in [1.165, 1.54) is 89.7 Å². The van der Waals surface area contributed by atoms with Gasteiger partial charge in [0.2, 0.25) is 0 Å². The molecule has 1 saturated heterocycles. The molecule has 8 aromatic rings. The van der Waals surface area contributed by atoms with E-state index in [0.29, 0.717) is 17.9 Å². The van der Waals surface area contributed by atoms with Crippen LogP contribution >= 0.6 is 0 Å². The van der Waals surface area contributed by atoms with Crippen LogP contribution < -0.4 is 4.90 Å². The van der Waals surface area contributed by atoms with E-state index in [1.54, 1.807) is 0 Å². The van der Waals surface area contributed by atoms with Crippen molar-refractivity contribution in [3.63, 3.8) is 0 Å². The molecule has 4 atom stereocenters. The molecule has 4 unspecified atom stereocenters. The summed E-state index contributed by atoms with van der Waals surface area (Å²) in [5.41, 5.74) is 16.7. The lowest BCUT2D eigenvalue weighted by molar-refractivity contribution is 0.271. The van der Waals surface area contributed by atoms with Gasteiger partial charge in [0.25, 0.3) is 0 Å². The molecule has 2 heteroatoms. The maximum atomic E-state index is 2.69. The summed E-state index contributed by atoms with van der Waals surface area (Å²) in [6.07, 6.45) is 10.5. The number of nitrogens with zero attached hydrogens (tertiary/aromatic N) is 2. The Balaban J connectivity index is 1.09. The standard InChI is InChI=1S/C53H40N2/c1-34-31-37-15-5-12-24-48(37)54(39-16-3-2-4-17-39)51(34)36-29-27-35(28-30-36)38-32-43-42-20-8-13-25-49(42)55-50-26-14-11-23-46(50)53(47(33-38)52(43)55)44-21-9-6-18-40(44)41-19-7-10-22-45(41)53/h2-30,32-34,37,48,51H,31H2,1H3. The lowest BCUT2D eigenvalue weighted by Crippen LogP contribution is -2.49. The lowest BCUT2D eigenvalue weighted by atomic mass is 9.65. The fourth-order valence-electron chi connectivity index (χ4n) is 11.2. The Bertz CT molecular complexity index is 2840. The minimum absolute atomic E-state index is 0.279. The van der Waals surface area contributed by atoms with Gasteiger partial charge in [0.05, 0.1) is 34.2 Å². The highest BCUT2D eigenvalue weighted by Crippen LogP contribution is 2.61. The van der Waals surface area contributed by atoms with Crippen molar-refractivity contribution in [2.24, 2.45) is 11.8 Å². The molecule has 0 bridgehead atoms. The van der Waals surface area contributed by atoms with Gasteiger partial charge in [-0.25, -0.2) is 0 Å². The Hall–Kier alpha value is -6.38. The normalized spacial score (nSPS) is 21.1. The van der Waals surface area contributed by atoms with Gasteiger partial charge in [-0.1, -0.05) is 159 Å². The van der Waals surface area contributed by atoms with Crippen LogP contribution in [0.5, 0.6) is 0 Å². The highest BCUT2D eigenvalue weighted by Gasteiger charge is 2.51. The van der Waals surface area contributed by atoms with Gasteiger partial charge >= 0.3 is 0 Å². The first-order chi connectivity index (χ1) is 27.2. The van der Waals surface area contributed by atoms with Crippen molar-refractivity contribution in [2.75, 3.05) is 4.90 Å². The number of fused-ring (bicyclic) bond motifs is 13. The Labute approximate surface area is 322 Å². The van der Waals surface area contributed by atoms with E-state index in [1.807, 2.05) is 0 Å². The van der Waals surface area contributed by atoms with Crippen molar-refractivity contribution in [2.45, 2.75) is 30.8 Å². The van der Waals surface area contributed by atoms with Crippen molar-refractivity contribution in [3.05, 3.63) is 216 Å². The molecule has 2 nitrogen and oxygen atoms in total. The Morgan fingerprint density at radius 2 is 1.20 bits per heavy atom. The van der Waals surface area contributed by atoms with Crippen molar-refractivity contribution in [1.82, 2.24) is 4.57 Å². The summed E-state index contributed by atoms with van der Waals surface area (Å²) < 4.78 is 2.54. The second-order valence-corrected chi connectivity index (χ2v) is 16.1. The minimum atomic E-state index is -0.450. The van der Waals surface area contributed by atoms with Crippen molar-refractivity contribution in [3.8, 4) is 27.9 Å². The Kier molecular flexibility index (Phi) is 6.52. The lowest BCUT2D eigenvalue weighted by Gasteiger charge is -2.50. The molecule has 262 valence electrons. The molecule has 0 radical (unpaired) electrons. The molecule has 0 amide bonds. The molecule has 2 aliphatic heterocycles. The van der Waals surface area contributed by atoms with Crippen LogP contribution in [0.3, 0.4) is 0 Å². The van der Waals surface area contributed by atoms with Gasteiger partial charge in [0, 0.05) is 22.4 Å². The zero-order chi connectivity index (χ0) is 36.3. The van der Waals surface area contributed by atoms with E-state index < -0.39 is 5.41 Å². The Morgan fingerprint density at radius 1 is 0.545 bits per heavy atom. The fraction of sp³-hybridized carbons (Fsp3) is 0.132. The number of benzene rings is 7. The van der Waals surface area contributed by atoms with E-state index in [-0.39, 0.29) is 6.04 Å². The van der Waals surface area contributed by atoms with E-state index in [2.05, 4.69) is 204 Å². The third-order valence-electron chi connectivity index (χ3n) is 13.3. The highest BCUT2D eigenvalue weighted by atomic mass is 15.2. The maximum absolute atomic E-state index is 2.69. The first-order valence-electron chi connectivity index (χ1n) is 19.9. The minimum Gasteiger partial charge on any atom is -0.357 e. The average molecular weight is 705 g/mol. The Morgan fingerprint density at radius 3 is 1.98 bits per heavy atom. The first kappa shape index (κ1) is 31.0. The van der Waals surface area contributed by atoms with Gasteiger partial charge in [-0.15, -0.1) is 0 Å². The van der Waals surface area contributed by atoms with Crippen molar-refractivity contribution < 1.29 is 0 Å². The van der Waals surface area contributed by atoms with Crippen molar-refractivity contribution in [1.29, 1.82) is 0 Å². The van der Waals surface area contributed by atoms with Gasteiger partial charge in [-0.3, -0.25) is 0 Å². The zero-order valence-electron chi connectivity index (χ0n) is 30.8. The summed E-state index contributed by atoms with van der Waals surface area (Å²) in [6, 6.07) is 62.7. The maximum Gasteiger partial charge on any atom is 0.0754 e. The summed E-state index contributed by atoms with van der Waals surface area (Å²) >= 11 is 0. The van der Waals surface area contributed by atoms with Crippen LogP contribution in [-0.4, -0.2) is 10.6 Å². The van der Waals surface area contributed by atoms with Gasteiger partial charge in [0.15, 0.2) is 0 Å². The molecular formula is C53H40N2. The third-order valence-corrected chi connectivity index (χ3v) is 13.3. The molecule has 1 fully saturated rings. The van der Waals surface area contributed by atoms with Crippen LogP contribution in [0.25, 0.3) is 49.7 Å². The van der Waals surface area contributed by atoms with Gasteiger partial charge in [-0.2, -0.15) is 0 Å². The highest BCUT2D eigenvalue weighted by molar-refractivity contribution is 6.14. The number of rotatable bonds is 3. The summed E-state index contributed by atoms with van der Waals surface area (Å²) in [6.45, 7) is 2.44. The van der Waals surface area contributed by atoms with Gasteiger partial charge < -0.3 is 9.47 Å². The van der Waals surface area contributed by atoms with Crippen LogP contribution in [0.15, 0.2) is 188 Å². The van der Waals surface area contributed by atoms with Crippen LogP contribution in [0.2, 0.25) is 0 Å². The summed E-state index contributed by atoms with van der Waals surface area (Å²) in [7, 11) is 0. The smallest absolute Gasteiger partial charge is 0.0754 e. The first-order valence-corrected chi connectivity index (χ1v) is 19.9. The van der Waals surface area contributed by atoms with Gasteiger partial charge in [0.1, 0.15) is 0 Å². The molecule has 3 heterocycles. The quantitative estimate of drug-likeness (QED) is 0.178. The number of hydrogen-bond donors (Lipinski definition) is 0. The molecule has 0 saturated carbocycles. The van der Waals surface area contributed by atoms with Crippen LogP contribution in [0, 0.1) is 11.8 Å². The molecule has 55 heavy (non-hydrogen) atoms. The SMILES string of the molecule is CC1CC2C=CC=CC2N(c2ccccc2)C1c1ccc(-c2cc3c4c(c2)c2ccccc2n4-c2ccccc2C32c3ccccc3-c3ccccc32)cc1. The number of allylic oxidation sites excluding steroid dienone is 2. The molecular weight excluding hydrogens is 665 g/mol. The molecule has 1 spiro atoms. The summed E-state index contributed by atoms with van der Waals surface area (Å²) in [5, 5.41) is 2.60. The molecule has 12 rings (SSSR count). The summed E-state index contributed by atoms with van der Waals surface area (Å²) in [4.78, 5) is 2.69. The third kappa shape index (κ3) is 4.15. The molecule has 7 aromatic carbocycles. The predicted molar refractivity (Wildman–Crippen MR) is 228 cm³/mol. The second-order valence-electron chi connectivity index (χ2n) is 16.1. The predicted octanol–water partition coefficient (Wildman–Crippen LogP) is 12.8.